The lowest BCUT2D eigenvalue weighted by Crippen LogP contribution is -2.28. The van der Waals surface area contributed by atoms with E-state index in [2.05, 4.69) is 10.4 Å². The van der Waals surface area contributed by atoms with Crippen LogP contribution in [0.15, 0.2) is 36.7 Å². The van der Waals surface area contributed by atoms with Gasteiger partial charge in [0.05, 0.1) is 12.1 Å². The molecule has 2 aromatic rings. The van der Waals surface area contributed by atoms with Crippen LogP contribution in [0, 0.1) is 5.82 Å². The Kier molecular flexibility index (Phi) is 3.57. The highest BCUT2D eigenvalue weighted by Crippen LogP contribution is 2.11. The standard InChI is InChI=1S/C12H13FN4O/c13-11-8-9(14)2-3-10(11)12(18)15-5-7-17-6-1-4-16-17/h1-4,6,8H,5,7,14H2,(H,15,18). The molecule has 0 radical (unpaired) electrons. The first kappa shape index (κ1) is 12.1. The second-order valence-corrected chi connectivity index (χ2v) is 3.76. The van der Waals surface area contributed by atoms with Crippen LogP contribution in [0.5, 0.6) is 0 Å². The van der Waals surface area contributed by atoms with E-state index in [-0.39, 0.29) is 5.56 Å². The summed E-state index contributed by atoms with van der Waals surface area (Å²) < 4.78 is 15.1. The van der Waals surface area contributed by atoms with Gasteiger partial charge in [-0.25, -0.2) is 4.39 Å². The Morgan fingerprint density at radius 2 is 2.33 bits per heavy atom. The first-order chi connectivity index (χ1) is 8.66. The maximum Gasteiger partial charge on any atom is 0.254 e. The van der Waals surface area contributed by atoms with Gasteiger partial charge in [-0.2, -0.15) is 5.10 Å². The Hall–Kier alpha value is -2.37. The zero-order chi connectivity index (χ0) is 13.0. The fourth-order valence-electron chi connectivity index (χ4n) is 1.53. The molecule has 1 aromatic carbocycles. The monoisotopic (exact) mass is 248 g/mol. The third-order valence-electron chi connectivity index (χ3n) is 2.42. The number of nitrogens with zero attached hydrogens (tertiary/aromatic N) is 2. The van der Waals surface area contributed by atoms with E-state index in [1.165, 1.54) is 12.1 Å². The smallest absolute Gasteiger partial charge is 0.254 e. The first-order valence-corrected chi connectivity index (χ1v) is 5.47. The van der Waals surface area contributed by atoms with E-state index in [1.54, 1.807) is 23.1 Å². The predicted molar refractivity (Wildman–Crippen MR) is 65.4 cm³/mol. The van der Waals surface area contributed by atoms with Gasteiger partial charge in [-0.3, -0.25) is 9.48 Å². The van der Waals surface area contributed by atoms with E-state index in [4.69, 9.17) is 5.73 Å². The number of rotatable bonds is 4. The van der Waals surface area contributed by atoms with Crippen LogP contribution in [-0.4, -0.2) is 22.2 Å². The summed E-state index contributed by atoms with van der Waals surface area (Å²) in [6.07, 6.45) is 3.44. The molecule has 0 unspecified atom stereocenters. The van der Waals surface area contributed by atoms with Crippen LogP contribution in [0.2, 0.25) is 0 Å². The SMILES string of the molecule is Nc1ccc(C(=O)NCCn2cccn2)c(F)c1. The molecule has 0 aliphatic carbocycles. The molecule has 0 atom stereocenters. The minimum absolute atomic E-state index is 0.00957. The molecule has 1 aromatic heterocycles. The highest BCUT2D eigenvalue weighted by molar-refractivity contribution is 5.94. The number of anilines is 1. The first-order valence-electron chi connectivity index (χ1n) is 5.47. The van der Waals surface area contributed by atoms with Crippen molar-refractivity contribution in [2.45, 2.75) is 6.54 Å². The van der Waals surface area contributed by atoms with Crippen LogP contribution >= 0.6 is 0 Å². The van der Waals surface area contributed by atoms with Gasteiger partial charge in [-0.05, 0) is 24.3 Å². The number of nitrogens with two attached hydrogens (primary N) is 1. The molecule has 5 nitrogen and oxygen atoms in total. The fourth-order valence-corrected chi connectivity index (χ4v) is 1.53. The molecule has 1 heterocycles. The number of hydrogen-bond acceptors (Lipinski definition) is 3. The normalized spacial score (nSPS) is 10.3. The van der Waals surface area contributed by atoms with E-state index in [0.717, 1.165) is 6.07 Å². The van der Waals surface area contributed by atoms with Crippen LogP contribution in [0.1, 0.15) is 10.4 Å². The lowest BCUT2D eigenvalue weighted by Gasteiger charge is -2.06. The molecule has 0 spiro atoms. The number of carbonyl (C=O) groups excluding carboxylic acids is 1. The second kappa shape index (κ2) is 5.31. The molecule has 0 fully saturated rings. The Balaban J connectivity index is 1.91. The highest BCUT2D eigenvalue weighted by Gasteiger charge is 2.10. The zero-order valence-electron chi connectivity index (χ0n) is 9.64. The van der Waals surface area contributed by atoms with Crippen LogP contribution in [-0.2, 0) is 6.54 Å². The van der Waals surface area contributed by atoms with Crippen LogP contribution in [0.3, 0.4) is 0 Å². The lowest BCUT2D eigenvalue weighted by atomic mass is 10.2. The molecule has 94 valence electrons. The van der Waals surface area contributed by atoms with Gasteiger partial charge in [0.25, 0.3) is 5.91 Å². The van der Waals surface area contributed by atoms with Crippen molar-refractivity contribution in [1.29, 1.82) is 0 Å². The molecule has 0 saturated heterocycles. The fraction of sp³-hybridized carbons (Fsp3) is 0.167. The number of nitrogen functional groups attached to an aromatic ring is 1. The van der Waals surface area contributed by atoms with Gasteiger partial charge >= 0.3 is 0 Å². The Bertz CT molecular complexity index is 539. The van der Waals surface area contributed by atoms with Gasteiger partial charge < -0.3 is 11.1 Å². The summed E-state index contributed by atoms with van der Waals surface area (Å²) in [5.41, 5.74) is 5.69. The number of halogens is 1. The molecular weight excluding hydrogens is 235 g/mol. The number of benzene rings is 1. The minimum atomic E-state index is -0.619. The molecule has 0 bridgehead atoms. The number of hydrogen-bond donors (Lipinski definition) is 2. The van der Waals surface area contributed by atoms with E-state index in [9.17, 15) is 9.18 Å². The Labute approximate surface area is 103 Å². The quantitative estimate of drug-likeness (QED) is 0.794. The number of aromatic nitrogens is 2. The molecule has 6 heteroatoms. The van der Waals surface area contributed by atoms with Gasteiger partial charge in [0.1, 0.15) is 5.82 Å². The number of amides is 1. The molecule has 0 aliphatic rings. The zero-order valence-corrected chi connectivity index (χ0v) is 9.64. The topological polar surface area (TPSA) is 72.9 Å². The third kappa shape index (κ3) is 2.85. The average molecular weight is 248 g/mol. The van der Waals surface area contributed by atoms with Crippen molar-refractivity contribution in [2.24, 2.45) is 0 Å². The van der Waals surface area contributed by atoms with Gasteiger partial charge in [-0.15, -0.1) is 0 Å². The van der Waals surface area contributed by atoms with Crippen molar-refractivity contribution in [2.75, 3.05) is 12.3 Å². The minimum Gasteiger partial charge on any atom is -0.399 e. The molecule has 0 saturated carbocycles. The molecule has 3 N–H and O–H groups in total. The maximum atomic E-state index is 13.4. The Morgan fingerprint density at radius 1 is 1.50 bits per heavy atom. The van der Waals surface area contributed by atoms with Crippen molar-refractivity contribution in [1.82, 2.24) is 15.1 Å². The molecule has 2 rings (SSSR count). The Morgan fingerprint density at radius 3 is 3.00 bits per heavy atom. The van der Waals surface area contributed by atoms with Crippen molar-refractivity contribution in [3.63, 3.8) is 0 Å². The molecule has 1 amide bonds. The maximum absolute atomic E-state index is 13.4. The molecule has 18 heavy (non-hydrogen) atoms. The summed E-state index contributed by atoms with van der Waals surface area (Å²) in [5, 5.41) is 6.61. The van der Waals surface area contributed by atoms with Gasteiger partial charge in [0.2, 0.25) is 0 Å². The van der Waals surface area contributed by atoms with Gasteiger partial charge in [0.15, 0.2) is 0 Å². The van der Waals surface area contributed by atoms with Crippen molar-refractivity contribution >= 4 is 11.6 Å². The lowest BCUT2D eigenvalue weighted by molar-refractivity contribution is 0.0948. The molecule has 0 aliphatic heterocycles. The van der Waals surface area contributed by atoms with E-state index < -0.39 is 11.7 Å². The van der Waals surface area contributed by atoms with E-state index in [1.807, 2.05) is 0 Å². The van der Waals surface area contributed by atoms with Crippen molar-refractivity contribution < 1.29 is 9.18 Å². The summed E-state index contributed by atoms with van der Waals surface area (Å²) in [6, 6.07) is 5.78. The van der Waals surface area contributed by atoms with Crippen LogP contribution < -0.4 is 11.1 Å². The van der Waals surface area contributed by atoms with Gasteiger partial charge in [0, 0.05) is 24.6 Å². The van der Waals surface area contributed by atoms with E-state index in [0.29, 0.717) is 18.8 Å². The number of carbonyl (C=O) groups is 1. The largest absolute Gasteiger partial charge is 0.399 e. The van der Waals surface area contributed by atoms with Crippen LogP contribution in [0.4, 0.5) is 10.1 Å². The average Bonchev–Trinajstić information content (AvgIpc) is 2.81. The predicted octanol–water partition coefficient (Wildman–Crippen LogP) is 1.03. The highest BCUT2D eigenvalue weighted by atomic mass is 19.1. The summed E-state index contributed by atoms with van der Waals surface area (Å²) in [4.78, 5) is 11.7. The van der Waals surface area contributed by atoms with E-state index >= 15 is 0 Å². The van der Waals surface area contributed by atoms with Crippen molar-refractivity contribution in [3.05, 3.63) is 48.0 Å². The third-order valence-corrected chi connectivity index (χ3v) is 2.42. The van der Waals surface area contributed by atoms with Crippen molar-refractivity contribution in [3.8, 4) is 0 Å². The summed E-state index contributed by atoms with van der Waals surface area (Å²) >= 11 is 0. The second-order valence-electron chi connectivity index (χ2n) is 3.76. The molecular formula is C12H13FN4O. The summed E-state index contributed by atoms with van der Waals surface area (Å²) in [6.45, 7) is 0.916. The summed E-state index contributed by atoms with van der Waals surface area (Å²) in [7, 11) is 0. The van der Waals surface area contributed by atoms with Gasteiger partial charge in [-0.1, -0.05) is 0 Å². The number of nitrogens with one attached hydrogen (secondary N) is 1. The van der Waals surface area contributed by atoms with Crippen LogP contribution in [0.25, 0.3) is 0 Å². The summed E-state index contributed by atoms with van der Waals surface area (Å²) in [5.74, 6) is -1.08.